The van der Waals surface area contributed by atoms with Gasteiger partial charge in [-0.25, -0.2) is 0 Å². The molecular formula is C17H27NOS. The van der Waals surface area contributed by atoms with Crippen LogP contribution in [0.15, 0.2) is 29.2 Å². The SMILES string of the molecule is CC1CCC(CN)C(S(=O)c2ccc(C(C)C)cc2)C1. The Morgan fingerprint density at radius 1 is 1.25 bits per heavy atom. The lowest BCUT2D eigenvalue weighted by Gasteiger charge is -2.33. The summed E-state index contributed by atoms with van der Waals surface area (Å²) >= 11 is 0. The molecule has 1 saturated carbocycles. The van der Waals surface area contributed by atoms with Gasteiger partial charge in [0.15, 0.2) is 0 Å². The molecule has 1 aromatic carbocycles. The summed E-state index contributed by atoms with van der Waals surface area (Å²) in [4.78, 5) is 0.965. The molecule has 1 aliphatic carbocycles. The highest BCUT2D eigenvalue weighted by atomic mass is 32.2. The van der Waals surface area contributed by atoms with Crippen molar-refractivity contribution in [1.82, 2.24) is 0 Å². The molecule has 4 unspecified atom stereocenters. The summed E-state index contributed by atoms with van der Waals surface area (Å²) in [6, 6.07) is 8.31. The summed E-state index contributed by atoms with van der Waals surface area (Å²) in [6.45, 7) is 7.28. The van der Waals surface area contributed by atoms with Crippen LogP contribution in [0.4, 0.5) is 0 Å². The highest BCUT2D eigenvalue weighted by molar-refractivity contribution is 7.85. The van der Waals surface area contributed by atoms with Gasteiger partial charge in [-0.2, -0.15) is 0 Å². The normalized spacial score (nSPS) is 28.6. The van der Waals surface area contributed by atoms with Crippen LogP contribution in [-0.2, 0) is 10.8 Å². The third kappa shape index (κ3) is 3.50. The summed E-state index contributed by atoms with van der Waals surface area (Å²) < 4.78 is 12.9. The largest absolute Gasteiger partial charge is 0.330 e. The maximum Gasteiger partial charge on any atom is 0.0564 e. The first-order valence-electron chi connectivity index (χ1n) is 7.73. The van der Waals surface area contributed by atoms with Gasteiger partial charge in [0.1, 0.15) is 0 Å². The lowest BCUT2D eigenvalue weighted by Crippen LogP contribution is -2.36. The second-order valence-corrected chi connectivity index (χ2v) is 8.15. The molecule has 1 aromatic rings. The molecule has 0 radical (unpaired) electrons. The number of benzene rings is 1. The van der Waals surface area contributed by atoms with Crippen LogP contribution in [0, 0.1) is 11.8 Å². The Balaban J connectivity index is 2.16. The minimum absolute atomic E-state index is 0.230. The molecule has 3 heteroatoms. The van der Waals surface area contributed by atoms with E-state index in [1.807, 2.05) is 12.1 Å². The van der Waals surface area contributed by atoms with Gasteiger partial charge in [0, 0.05) is 10.1 Å². The van der Waals surface area contributed by atoms with Gasteiger partial charge in [0.25, 0.3) is 0 Å². The molecule has 2 rings (SSSR count). The zero-order valence-corrected chi connectivity index (χ0v) is 13.7. The molecule has 0 amide bonds. The fourth-order valence-electron chi connectivity index (χ4n) is 3.08. The zero-order chi connectivity index (χ0) is 14.7. The summed E-state index contributed by atoms with van der Waals surface area (Å²) in [6.07, 6.45) is 3.39. The lowest BCUT2D eigenvalue weighted by atomic mass is 9.82. The van der Waals surface area contributed by atoms with Crippen LogP contribution >= 0.6 is 0 Å². The van der Waals surface area contributed by atoms with Crippen molar-refractivity contribution in [3.63, 3.8) is 0 Å². The summed E-state index contributed by atoms with van der Waals surface area (Å²) in [5.41, 5.74) is 7.19. The first-order chi connectivity index (χ1) is 9.52. The number of hydrogen-bond acceptors (Lipinski definition) is 2. The van der Waals surface area contributed by atoms with Crippen LogP contribution in [0.3, 0.4) is 0 Å². The second kappa shape index (κ2) is 6.86. The van der Waals surface area contributed by atoms with E-state index >= 15 is 0 Å². The van der Waals surface area contributed by atoms with Crippen LogP contribution in [0.5, 0.6) is 0 Å². The van der Waals surface area contributed by atoms with Crippen molar-refractivity contribution in [1.29, 1.82) is 0 Å². The molecule has 4 atom stereocenters. The number of hydrogen-bond donors (Lipinski definition) is 1. The van der Waals surface area contributed by atoms with Crippen molar-refractivity contribution in [2.45, 2.75) is 56.1 Å². The Kier molecular flexibility index (Phi) is 5.39. The Morgan fingerprint density at radius 2 is 1.90 bits per heavy atom. The van der Waals surface area contributed by atoms with Gasteiger partial charge in [0.05, 0.1) is 10.8 Å². The Morgan fingerprint density at radius 3 is 2.45 bits per heavy atom. The van der Waals surface area contributed by atoms with Crippen molar-refractivity contribution in [2.75, 3.05) is 6.54 Å². The van der Waals surface area contributed by atoms with Gasteiger partial charge in [-0.05, 0) is 54.8 Å². The smallest absolute Gasteiger partial charge is 0.0564 e. The van der Waals surface area contributed by atoms with Crippen LogP contribution in [0.1, 0.15) is 51.5 Å². The minimum atomic E-state index is -0.922. The van der Waals surface area contributed by atoms with E-state index in [0.717, 1.165) is 17.7 Å². The van der Waals surface area contributed by atoms with Crippen LogP contribution in [-0.4, -0.2) is 16.0 Å². The summed E-state index contributed by atoms with van der Waals surface area (Å²) in [5.74, 6) is 1.60. The maximum absolute atomic E-state index is 12.9. The van der Waals surface area contributed by atoms with Crippen molar-refractivity contribution in [3.05, 3.63) is 29.8 Å². The molecule has 0 saturated heterocycles. The summed E-state index contributed by atoms with van der Waals surface area (Å²) in [5, 5.41) is 0.230. The minimum Gasteiger partial charge on any atom is -0.330 e. The highest BCUT2D eigenvalue weighted by Gasteiger charge is 2.32. The molecule has 1 aliphatic rings. The van der Waals surface area contributed by atoms with Crippen molar-refractivity contribution in [3.8, 4) is 0 Å². The molecular weight excluding hydrogens is 266 g/mol. The van der Waals surface area contributed by atoms with Gasteiger partial charge in [-0.1, -0.05) is 39.3 Å². The third-order valence-electron chi connectivity index (χ3n) is 4.55. The first-order valence-corrected chi connectivity index (χ1v) is 8.94. The molecule has 112 valence electrons. The predicted molar refractivity (Wildman–Crippen MR) is 86.3 cm³/mol. The highest BCUT2D eigenvalue weighted by Crippen LogP contribution is 2.33. The molecule has 1 fully saturated rings. The average Bonchev–Trinajstić information content (AvgIpc) is 2.46. The van der Waals surface area contributed by atoms with Crippen LogP contribution in [0.25, 0.3) is 0 Å². The Bertz CT molecular complexity index is 455. The van der Waals surface area contributed by atoms with E-state index in [-0.39, 0.29) is 5.25 Å². The molecule has 20 heavy (non-hydrogen) atoms. The maximum atomic E-state index is 12.9. The van der Waals surface area contributed by atoms with Crippen molar-refractivity contribution < 1.29 is 4.21 Å². The van der Waals surface area contributed by atoms with E-state index in [9.17, 15) is 4.21 Å². The molecule has 0 bridgehead atoms. The van der Waals surface area contributed by atoms with Gasteiger partial charge < -0.3 is 5.73 Å². The van der Waals surface area contributed by atoms with E-state index in [4.69, 9.17) is 5.73 Å². The van der Waals surface area contributed by atoms with Crippen molar-refractivity contribution in [2.24, 2.45) is 17.6 Å². The number of nitrogens with two attached hydrogens (primary N) is 1. The zero-order valence-electron chi connectivity index (χ0n) is 12.8. The van der Waals surface area contributed by atoms with Crippen LogP contribution in [0.2, 0.25) is 0 Å². The predicted octanol–water partition coefficient (Wildman–Crippen LogP) is 3.68. The summed E-state index contributed by atoms with van der Waals surface area (Å²) in [7, 11) is -0.922. The van der Waals surface area contributed by atoms with E-state index in [2.05, 4.69) is 32.9 Å². The van der Waals surface area contributed by atoms with Crippen molar-refractivity contribution >= 4 is 10.8 Å². The number of rotatable bonds is 4. The topological polar surface area (TPSA) is 43.1 Å². The fourth-order valence-corrected chi connectivity index (χ4v) is 4.94. The second-order valence-electron chi connectivity index (χ2n) is 6.47. The van der Waals surface area contributed by atoms with E-state index in [1.54, 1.807) is 0 Å². The molecule has 0 spiro atoms. The lowest BCUT2D eigenvalue weighted by molar-refractivity contribution is 0.302. The van der Waals surface area contributed by atoms with E-state index in [0.29, 0.717) is 24.3 Å². The monoisotopic (exact) mass is 293 g/mol. The fraction of sp³-hybridized carbons (Fsp3) is 0.647. The van der Waals surface area contributed by atoms with E-state index in [1.165, 1.54) is 12.0 Å². The van der Waals surface area contributed by atoms with Crippen LogP contribution < -0.4 is 5.73 Å². The first kappa shape index (κ1) is 15.7. The quantitative estimate of drug-likeness (QED) is 0.920. The molecule has 0 heterocycles. The molecule has 2 nitrogen and oxygen atoms in total. The van der Waals surface area contributed by atoms with Gasteiger partial charge in [-0.15, -0.1) is 0 Å². The van der Waals surface area contributed by atoms with E-state index < -0.39 is 10.8 Å². The average molecular weight is 293 g/mol. The molecule has 0 aromatic heterocycles. The van der Waals surface area contributed by atoms with Gasteiger partial charge >= 0.3 is 0 Å². The molecule has 0 aliphatic heterocycles. The standard InChI is InChI=1S/C17H27NOS/c1-12(2)14-6-8-16(9-7-14)20(19)17-10-13(3)4-5-15(17)11-18/h6-9,12-13,15,17H,4-5,10-11,18H2,1-3H3. The van der Waals surface area contributed by atoms with Gasteiger partial charge in [-0.3, -0.25) is 4.21 Å². The Hall–Kier alpha value is -0.670. The third-order valence-corrected chi connectivity index (χ3v) is 6.41. The van der Waals surface area contributed by atoms with Gasteiger partial charge in [0.2, 0.25) is 0 Å². The molecule has 2 N–H and O–H groups in total. The Labute approximate surface area is 125 Å².